The third kappa shape index (κ3) is 3.39. The number of aliphatic imine (C=N–C) groups is 1. The Morgan fingerprint density at radius 3 is 2.77 bits per heavy atom. The highest BCUT2D eigenvalue weighted by Crippen LogP contribution is 2.38. The van der Waals surface area contributed by atoms with Crippen LogP contribution in [0.4, 0.5) is 5.82 Å². The van der Waals surface area contributed by atoms with Crippen molar-refractivity contribution in [3.05, 3.63) is 30.1 Å². The molecule has 1 atom stereocenters. The van der Waals surface area contributed by atoms with E-state index in [4.69, 9.17) is 16.3 Å². The highest BCUT2D eigenvalue weighted by Gasteiger charge is 2.45. The largest absolute Gasteiger partial charge is 0.457 e. The number of halogens is 1. The van der Waals surface area contributed by atoms with Gasteiger partial charge in [0.25, 0.3) is 6.02 Å². The van der Waals surface area contributed by atoms with Crippen LogP contribution in [-0.4, -0.2) is 62.7 Å². The number of fused-ring (bicyclic) bond motifs is 3. The topological polar surface area (TPSA) is 80.5 Å². The molecule has 0 spiro atoms. The van der Waals surface area contributed by atoms with Gasteiger partial charge in [-0.15, -0.1) is 0 Å². The molecule has 138 valence electrons. The second-order valence-corrected chi connectivity index (χ2v) is 7.37. The number of ether oxygens (including phenoxy) is 1. The van der Waals surface area contributed by atoms with Crippen molar-refractivity contribution in [1.29, 1.82) is 0 Å². The summed E-state index contributed by atoms with van der Waals surface area (Å²) in [6, 6.07) is 2.26. The van der Waals surface area contributed by atoms with Gasteiger partial charge in [-0.05, 0) is 32.9 Å². The summed E-state index contributed by atoms with van der Waals surface area (Å²) < 4.78 is 8.04. The van der Waals surface area contributed by atoms with Crippen molar-refractivity contribution in [3.8, 4) is 5.82 Å². The van der Waals surface area contributed by atoms with Gasteiger partial charge in [0, 0.05) is 31.8 Å². The molecule has 3 aliphatic rings. The number of amidine groups is 1. The van der Waals surface area contributed by atoms with Gasteiger partial charge in [0.2, 0.25) is 0 Å². The van der Waals surface area contributed by atoms with Crippen LogP contribution in [0.2, 0.25) is 5.15 Å². The van der Waals surface area contributed by atoms with Crippen LogP contribution in [0.5, 0.6) is 0 Å². The molecular weight excluding hydrogens is 354 g/mol. The van der Waals surface area contributed by atoms with Crippen LogP contribution in [0.1, 0.15) is 19.8 Å². The summed E-state index contributed by atoms with van der Waals surface area (Å²) in [5.74, 6) is 1.82. The fourth-order valence-corrected chi connectivity index (χ4v) is 3.98. The lowest BCUT2D eigenvalue weighted by atomic mass is 9.76. The zero-order valence-corrected chi connectivity index (χ0v) is 15.6. The van der Waals surface area contributed by atoms with Crippen LogP contribution in [-0.2, 0) is 4.74 Å². The fraction of sp³-hybridized carbons (Fsp3) is 0.529. The summed E-state index contributed by atoms with van der Waals surface area (Å²) in [5.41, 5.74) is -0.230. The number of piperidine rings is 3. The molecule has 5 rings (SSSR count). The van der Waals surface area contributed by atoms with Gasteiger partial charge in [0.1, 0.15) is 35.0 Å². The van der Waals surface area contributed by atoms with Crippen molar-refractivity contribution in [2.45, 2.75) is 25.4 Å². The summed E-state index contributed by atoms with van der Waals surface area (Å²) in [5, 5.41) is 3.58. The number of anilines is 1. The maximum absolute atomic E-state index is 6.31. The fourth-order valence-electron chi connectivity index (χ4n) is 3.83. The summed E-state index contributed by atoms with van der Waals surface area (Å²) in [6.45, 7) is 5.44. The zero-order valence-electron chi connectivity index (χ0n) is 14.9. The van der Waals surface area contributed by atoms with Gasteiger partial charge in [-0.2, -0.15) is 0 Å². The van der Waals surface area contributed by atoms with Crippen molar-refractivity contribution in [2.24, 2.45) is 10.9 Å². The predicted molar refractivity (Wildman–Crippen MR) is 99.8 cm³/mol. The van der Waals surface area contributed by atoms with Gasteiger partial charge in [0.05, 0.1) is 0 Å². The zero-order chi connectivity index (χ0) is 18.1. The number of nitrogens with zero attached hydrogens (tertiary/aromatic N) is 6. The highest BCUT2D eigenvalue weighted by molar-refractivity contribution is 6.29. The van der Waals surface area contributed by atoms with Crippen LogP contribution < -0.4 is 5.32 Å². The molecule has 2 aromatic heterocycles. The van der Waals surface area contributed by atoms with E-state index in [0.717, 1.165) is 6.54 Å². The van der Waals surface area contributed by atoms with Crippen LogP contribution in [0.25, 0.3) is 5.82 Å². The van der Waals surface area contributed by atoms with Crippen molar-refractivity contribution in [1.82, 2.24) is 24.4 Å². The average molecular weight is 376 g/mol. The van der Waals surface area contributed by atoms with E-state index in [1.165, 1.54) is 32.3 Å². The number of nitrogens with one attached hydrogen (secondary N) is 1. The molecule has 0 radical (unpaired) electrons. The molecule has 1 N–H and O–H groups in total. The minimum atomic E-state index is -0.230. The Bertz CT molecular complexity index is 815. The number of hydrogen-bond donors (Lipinski definition) is 1. The Kier molecular flexibility index (Phi) is 4.54. The molecule has 3 saturated heterocycles. The van der Waals surface area contributed by atoms with Gasteiger partial charge < -0.3 is 4.74 Å². The molecule has 0 amide bonds. The monoisotopic (exact) mass is 375 g/mol. The molecule has 0 aliphatic carbocycles. The van der Waals surface area contributed by atoms with Gasteiger partial charge in [-0.3, -0.25) is 14.8 Å². The minimum Gasteiger partial charge on any atom is -0.457 e. The Balaban J connectivity index is 1.49. The van der Waals surface area contributed by atoms with Crippen molar-refractivity contribution in [3.63, 3.8) is 0 Å². The number of rotatable bonds is 3. The lowest BCUT2D eigenvalue weighted by Gasteiger charge is -2.51. The molecule has 9 heteroatoms. The van der Waals surface area contributed by atoms with Crippen LogP contribution in [0.3, 0.4) is 0 Å². The maximum atomic E-state index is 6.31. The number of hydrogen-bond acceptors (Lipinski definition) is 6. The van der Waals surface area contributed by atoms with E-state index >= 15 is 0 Å². The molecule has 3 aliphatic heterocycles. The summed E-state index contributed by atoms with van der Waals surface area (Å²) in [6.07, 6.45) is 7.12. The van der Waals surface area contributed by atoms with Gasteiger partial charge in [-0.1, -0.05) is 11.6 Å². The Labute approximate surface area is 157 Å². The minimum absolute atomic E-state index is 0.230. The molecule has 5 heterocycles. The molecule has 0 unspecified atom stereocenters. The third-order valence-corrected chi connectivity index (χ3v) is 5.42. The second kappa shape index (κ2) is 6.85. The Morgan fingerprint density at radius 2 is 2.15 bits per heavy atom. The Hall–Kier alpha value is -2.19. The van der Waals surface area contributed by atoms with Crippen LogP contribution in [0, 0.1) is 5.92 Å². The first-order valence-corrected chi connectivity index (χ1v) is 9.10. The molecule has 2 bridgehead atoms. The quantitative estimate of drug-likeness (QED) is 0.654. The number of aromatic nitrogens is 4. The smallest absolute Gasteiger partial charge is 0.290 e. The predicted octanol–water partition coefficient (Wildman–Crippen LogP) is 2.21. The van der Waals surface area contributed by atoms with Crippen molar-refractivity contribution >= 4 is 23.4 Å². The standard InChI is InChI=1S/C17H22ClN7O/c1-17(9-24-5-3-12(17)4-6-24)26-16(19-2)23-14-7-15(21-10-20-14)25-8-13(18)22-11-25/h7-8,10-12H,3-6,9H2,1-2H3,(H,19,20,21,23)/t17-/m0/s1. The Morgan fingerprint density at radius 1 is 1.35 bits per heavy atom. The van der Waals surface area contributed by atoms with Gasteiger partial charge in [-0.25, -0.2) is 19.9 Å². The van der Waals surface area contributed by atoms with Crippen molar-refractivity contribution in [2.75, 3.05) is 32.0 Å². The van der Waals surface area contributed by atoms with E-state index in [0.29, 0.717) is 28.7 Å². The van der Waals surface area contributed by atoms with Crippen molar-refractivity contribution < 1.29 is 4.74 Å². The van der Waals surface area contributed by atoms with Gasteiger partial charge in [0.15, 0.2) is 0 Å². The molecular formula is C17H22ClN7O. The first-order valence-electron chi connectivity index (χ1n) is 8.73. The molecule has 2 aromatic rings. The lowest BCUT2D eigenvalue weighted by Crippen LogP contribution is -2.59. The van der Waals surface area contributed by atoms with E-state index in [9.17, 15) is 0 Å². The lowest BCUT2D eigenvalue weighted by molar-refractivity contribution is -0.0885. The second-order valence-electron chi connectivity index (χ2n) is 6.98. The third-order valence-electron chi connectivity index (χ3n) is 5.22. The summed E-state index contributed by atoms with van der Waals surface area (Å²) in [4.78, 5) is 19.2. The average Bonchev–Trinajstić information content (AvgIpc) is 3.08. The number of imidazole rings is 1. The van der Waals surface area contributed by atoms with E-state index < -0.39 is 0 Å². The van der Waals surface area contributed by atoms with Crippen LogP contribution >= 0.6 is 11.6 Å². The molecule has 8 nitrogen and oxygen atoms in total. The van der Waals surface area contributed by atoms with Gasteiger partial charge >= 0.3 is 0 Å². The van der Waals surface area contributed by atoms with E-state index in [1.807, 2.05) is 0 Å². The maximum Gasteiger partial charge on any atom is 0.290 e. The van der Waals surface area contributed by atoms with E-state index in [-0.39, 0.29) is 5.60 Å². The van der Waals surface area contributed by atoms with E-state index in [1.54, 1.807) is 30.2 Å². The summed E-state index contributed by atoms with van der Waals surface area (Å²) in [7, 11) is 1.71. The first kappa shape index (κ1) is 17.2. The molecule has 26 heavy (non-hydrogen) atoms. The van der Waals surface area contributed by atoms with E-state index in [2.05, 4.69) is 37.1 Å². The van der Waals surface area contributed by atoms with Crippen LogP contribution in [0.15, 0.2) is 29.9 Å². The normalized spacial score (nSPS) is 28.2. The summed E-state index contributed by atoms with van der Waals surface area (Å²) >= 11 is 5.88. The first-order chi connectivity index (χ1) is 12.6. The molecule has 3 fully saturated rings. The molecule has 0 aromatic carbocycles. The highest BCUT2D eigenvalue weighted by atomic mass is 35.5. The SMILES string of the molecule is CN=C(Nc1cc(-n2cnc(Cl)c2)ncn1)O[C@@]1(C)CN2CCC1CC2. The molecule has 0 saturated carbocycles.